The molecule has 7 heteroatoms. The molecule has 2 aromatic carbocycles. The van der Waals surface area contributed by atoms with E-state index in [9.17, 15) is 9.59 Å². The summed E-state index contributed by atoms with van der Waals surface area (Å²) in [6.07, 6.45) is -0.760. The predicted molar refractivity (Wildman–Crippen MR) is 105 cm³/mol. The Labute approximate surface area is 164 Å². The summed E-state index contributed by atoms with van der Waals surface area (Å²) >= 11 is 0. The van der Waals surface area contributed by atoms with Gasteiger partial charge in [-0.2, -0.15) is 0 Å². The first kappa shape index (κ1) is 19.5. The molecule has 28 heavy (non-hydrogen) atoms. The Morgan fingerprint density at radius 2 is 1.79 bits per heavy atom. The van der Waals surface area contributed by atoms with Gasteiger partial charge in [-0.1, -0.05) is 12.1 Å². The zero-order chi connectivity index (χ0) is 19.9. The molecule has 0 fully saturated rings. The molecule has 0 radical (unpaired) electrons. The third kappa shape index (κ3) is 4.73. The van der Waals surface area contributed by atoms with Crippen LogP contribution in [0.4, 0.5) is 5.69 Å². The smallest absolute Gasteiger partial charge is 0.263 e. The number of para-hydroxylation sites is 2. The Hall–Kier alpha value is -3.22. The number of amides is 2. The average molecular weight is 384 g/mol. The van der Waals surface area contributed by atoms with Crippen LogP contribution in [0.15, 0.2) is 48.5 Å². The van der Waals surface area contributed by atoms with Crippen LogP contribution in [0.5, 0.6) is 17.2 Å². The van der Waals surface area contributed by atoms with E-state index < -0.39 is 6.10 Å². The molecule has 1 aliphatic heterocycles. The van der Waals surface area contributed by atoms with Gasteiger partial charge in [0.15, 0.2) is 6.10 Å². The van der Waals surface area contributed by atoms with E-state index in [2.05, 4.69) is 5.32 Å². The quantitative estimate of drug-likeness (QED) is 0.742. The number of benzene rings is 2. The van der Waals surface area contributed by atoms with E-state index in [1.54, 1.807) is 17.0 Å². The van der Waals surface area contributed by atoms with Crippen molar-refractivity contribution < 1.29 is 23.8 Å². The number of rotatable bonds is 7. The van der Waals surface area contributed by atoms with Crippen LogP contribution in [0.2, 0.25) is 0 Å². The number of anilines is 1. The standard InChI is InChI=1S/C21H24N2O5/c1-3-26-16-8-10-17(11-9-16)27-13-12-22-21(25)20-14-23(15(2)24)18-6-4-5-7-19(18)28-20/h4-11,20H,3,12-14H2,1-2H3,(H,22,25)/t20-/m1/s1. The average Bonchev–Trinajstić information content (AvgIpc) is 2.71. The fourth-order valence-electron chi connectivity index (χ4n) is 2.92. The lowest BCUT2D eigenvalue weighted by Crippen LogP contribution is -2.50. The van der Waals surface area contributed by atoms with Gasteiger partial charge in [0.25, 0.3) is 5.91 Å². The Bertz CT molecular complexity index is 822. The summed E-state index contributed by atoms with van der Waals surface area (Å²) < 4.78 is 16.8. The van der Waals surface area contributed by atoms with Crippen molar-refractivity contribution in [3.05, 3.63) is 48.5 Å². The van der Waals surface area contributed by atoms with Crippen LogP contribution in [0.3, 0.4) is 0 Å². The maximum absolute atomic E-state index is 12.5. The van der Waals surface area contributed by atoms with Crippen LogP contribution >= 0.6 is 0 Å². The van der Waals surface area contributed by atoms with E-state index >= 15 is 0 Å². The van der Waals surface area contributed by atoms with Crippen molar-refractivity contribution in [2.45, 2.75) is 20.0 Å². The van der Waals surface area contributed by atoms with Gasteiger partial charge in [-0.15, -0.1) is 0 Å². The van der Waals surface area contributed by atoms with Gasteiger partial charge in [0.1, 0.15) is 23.9 Å². The van der Waals surface area contributed by atoms with Crippen LogP contribution in [0, 0.1) is 0 Å². The first-order valence-electron chi connectivity index (χ1n) is 9.25. The molecule has 0 spiro atoms. The van der Waals surface area contributed by atoms with E-state index in [0.717, 1.165) is 5.75 Å². The zero-order valence-electron chi connectivity index (χ0n) is 16.0. The summed E-state index contributed by atoms with van der Waals surface area (Å²) in [5.74, 6) is 1.59. The van der Waals surface area contributed by atoms with Gasteiger partial charge < -0.3 is 24.4 Å². The fraction of sp³-hybridized carbons (Fsp3) is 0.333. The minimum atomic E-state index is -0.760. The number of fused-ring (bicyclic) bond motifs is 1. The molecule has 1 aliphatic rings. The lowest BCUT2D eigenvalue weighted by Gasteiger charge is -2.33. The van der Waals surface area contributed by atoms with Gasteiger partial charge >= 0.3 is 0 Å². The molecule has 2 aromatic rings. The Morgan fingerprint density at radius 1 is 1.11 bits per heavy atom. The van der Waals surface area contributed by atoms with Crippen LogP contribution in [0.25, 0.3) is 0 Å². The molecule has 0 unspecified atom stereocenters. The third-order valence-corrected chi connectivity index (χ3v) is 4.25. The van der Waals surface area contributed by atoms with E-state index in [1.807, 2.05) is 43.3 Å². The highest BCUT2D eigenvalue weighted by molar-refractivity contribution is 5.95. The summed E-state index contributed by atoms with van der Waals surface area (Å²) in [5, 5.41) is 2.79. The van der Waals surface area contributed by atoms with Crippen LogP contribution in [-0.4, -0.2) is 44.2 Å². The minimum absolute atomic E-state index is 0.132. The summed E-state index contributed by atoms with van der Waals surface area (Å²) in [6.45, 7) is 4.84. The molecule has 148 valence electrons. The Kier molecular flexibility index (Phi) is 6.37. The van der Waals surface area contributed by atoms with Crippen molar-refractivity contribution >= 4 is 17.5 Å². The molecule has 0 bridgehead atoms. The molecule has 0 saturated heterocycles. The van der Waals surface area contributed by atoms with Crippen molar-refractivity contribution in [1.82, 2.24) is 5.32 Å². The molecule has 1 atom stereocenters. The number of nitrogens with zero attached hydrogens (tertiary/aromatic N) is 1. The SMILES string of the molecule is CCOc1ccc(OCCNC(=O)[C@H]2CN(C(C)=O)c3ccccc3O2)cc1. The molecule has 0 saturated carbocycles. The number of carbonyl (C=O) groups is 2. The van der Waals surface area contributed by atoms with Crippen LogP contribution < -0.4 is 24.4 Å². The van der Waals surface area contributed by atoms with Gasteiger partial charge in [0.2, 0.25) is 5.91 Å². The molecule has 0 aliphatic carbocycles. The molecule has 3 rings (SSSR count). The Balaban J connectivity index is 1.49. The molecule has 7 nitrogen and oxygen atoms in total. The second-order valence-corrected chi connectivity index (χ2v) is 6.25. The van der Waals surface area contributed by atoms with Crippen molar-refractivity contribution in [3.63, 3.8) is 0 Å². The number of nitrogens with one attached hydrogen (secondary N) is 1. The normalized spacial score (nSPS) is 15.2. The molecular formula is C21H24N2O5. The molecular weight excluding hydrogens is 360 g/mol. The van der Waals surface area contributed by atoms with Crippen molar-refractivity contribution in [1.29, 1.82) is 0 Å². The van der Waals surface area contributed by atoms with Crippen LogP contribution in [0.1, 0.15) is 13.8 Å². The largest absolute Gasteiger partial charge is 0.494 e. The second kappa shape index (κ2) is 9.12. The van der Waals surface area contributed by atoms with Crippen molar-refractivity contribution in [2.75, 3.05) is 31.2 Å². The zero-order valence-corrected chi connectivity index (χ0v) is 16.0. The summed E-state index contributed by atoms with van der Waals surface area (Å²) in [4.78, 5) is 25.9. The van der Waals surface area contributed by atoms with Gasteiger partial charge in [-0.25, -0.2) is 0 Å². The highest BCUT2D eigenvalue weighted by Crippen LogP contribution is 2.33. The van der Waals surface area contributed by atoms with E-state index in [-0.39, 0.29) is 18.4 Å². The molecule has 2 amide bonds. The first-order chi connectivity index (χ1) is 13.6. The van der Waals surface area contributed by atoms with Gasteiger partial charge in [-0.05, 0) is 43.3 Å². The second-order valence-electron chi connectivity index (χ2n) is 6.25. The maximum atomic E-state index is 12.5. The first-order valence-corrected chi connectivity index (χ1v) is 9.25. The minimum Gasteiger partial charge on any atom is -0.494 e. The number of hydrogen-bond acceptors (Lipinski definition) is 5. The predicted octanol–water partition coefficient (Wildman–Crippen LogP) is 2.39. The van der Waals surface area contributed by atoms with Gasteiger partial charge in [-0.3, -0.25) is 9.59 Å². The highest BCUT2D eigenvalue weighted by Gasteiger charge is 2.32. The monoisotopic (exact) mass is 384 g/mol. The topological polar surface area (TPSA) is 77.1 Å². The molecule has 0 aromatic heterocycles. The lowest BCUT2D eigenvalue weighted by molar-refractivity contribution is -0.128. The maximum Gasteiger partial charge on any atom is 0.263 e. The number of ether oxygens (including phenoxy) is 3. The summed E-state index contributed by atoms with van der Waals surface area (Å²) in [7, 11) is 0. The van der Waals surface area contributed by atoms with Gasteiger partial charge in [0, 0.05) is 6.92 Å². The lowest BCUT2D eigenvalue weighted by atomic mass is 10.1. The highest BCUT2D eigenvalue weighted by atomic mass is 16.5. The van der Waals surface area contributed by atoms with Crippen molar-refractivity contribution in [3.8, 4) is 17.2 Å². The summed E-state index contributed by atoms with van der Waals surface area (Å²) in [6, 6.07) is 14.5. The number of hydrogen-bond donors (Lipinski definition) is 1. The Morgan fingerprint density at radius 3 is 2.46 bits per heavy atom. The van der Waals surface area contributed by atoms with E-state index in [0.29, 0.717) is 36.9 Å². The molecule has 1 N–H and O–H groups in total. The van der Waals surface area contributed by atoms with Crippen LogP contribution in [-0.2, 0) is 9.59 Å². The van der Waals surface area contributed by atoms with Crippen molar-refractivity contribution in [2.24, 2.45) is 0 Å². The van der Waals surface area contributed by atoms with E-state index in [1.165, 1.54) is 6.92 Å². The third-order valence-electron chi connectivity index (χ3n) is 4.25. The number of carbonyl (C=O) groups excluding carboxylic acids is 2. The van der Waals surface area contributed by atoms with Gasteiger partial charge in [0.05, 0.1) is 25.4 Å². The summed E-state index contributed by atoms with van der Waals surface area (Å²) in [5.41, 5.74) is 0.679. The molecule has 1 heterocycles. The van der Waals surface area contributed by atoms with E-state index in [4.69, 9.17) is 14.2 Å². The fourth-order valence-corrected chi connectivity index (χ4v) is 2.92.